The summed E-state index contributed by atoms with van der Waals surface area (Å²) in [7, 11) is 0. The second-order valence-corrected chi connectivity index (χ2v) is 6.99. The molecule has 1 aliphatic rings. The highest BCUT2D eigenvalue weighted by Gasteiger charge is 2.20. The van der Waals surface area contributed by atoms with Gasteiger partial charge in [0.05, 0.1) is 0 Å². The van der Waals surface area contributed by atoms with Crippen LogP contribution in [-0.2, 0) is 6.54 Å². The smallest absolute Gasteiger partial charge is 0.154 e. The van der Waals surface area contributed by atoms with E-state index in [1.165, 1.54) is 24.6 Å². The van der Waals surface area contributed by atoms with Gasteiger partial charge in [-0.15, -0.1) is 11.3 Å². The minimum absolute atomic E-state index is 0.175. The molecule has 0 amide bonds. The van der Waals surface area contributed by atoms with E-state index in [1.54, 1.807) is 23.5 Å². The molecule has 1 saturated carbocycles. The average Bonchev–Trinajstić information content (AvgIpc) is 3.10. The lowest BCUT2D eigenvalue weighted by Crippen LogP contribution is -2.15. The fourth-order valence-corrected chi connectivity index (χ4v) is 3.73. The summed E-state index contributed by atoms with van der Waals surface area (Å²) >= 11 is 3.12. The highest BCUT2D eigenvalue weighted by atomic mass is 32.2. The van der Waals surface area contributed by atoms with Crippen LogP contribution in [0.3, 0.4) is 0 Å². The zero-order valence-electron chi connectivity index (χ0n) is 10.6. The van der Waals surface area contributed by atoms with E-state index in [0.29, 0.717) is 6.04 Å². The largest absolute Gasteiger partial charge is 0.310 e. The van der Waals surface area contributed by atoms with E-state index in [0.717, 1.165) is 27.0 Å². The van der Waals surface area contributed by atoms with Gasteiger partial charge in [0.2, 0.25) is 0 Å². The highest BCUT2D eigenvalue weighted by Crippen LogP contribution is 2.31. The van der Waals surface area contributed by atoms with Crippen LogP contribution in [0.25, 0.3) is 0 Å². The van der Waals surface area contributed by atoms with Crippen LogP contribution in [0.2, 0.25) is 0 Å². The first-order valence-electron chi connectivity index (χ1n) is 6.32. The number of rotatable bonds is 5. The van der Waals surface area contributed by atoms with Gasteiger partial charge in [-0.05, 0) is 43.5 Å². The molecule has 0 bridgehead atoms. The maximum atomic E-state index is 13.6. The number of nitrogens with zero attached hydrogens (tertiary/aromatic N) is 1. The summed E-state index contributed by atoms with van der Waals surface area (Å²) in [6.45, 7) is 2.71. The molecule has 19 heavy (non-hydrogen) atoms. The van der Waals surface area contributed by atoms with E-state index < -0.39 is 0 Å². The highest BCUT2D eigenvalue weighted by molar-refractivity contribution is 8.01. The molecule has 1 fully saturated rings. The third-order valence-corrected chi connectivity index (χ3v) is 4.93. The van der Waals surface area contributed by atoms with Crippen molar-refractivity contribution in [3.8, 4) is 0 Å². The van der Waals surface area contributed by atoms with Gasteiger partial charge in [-0.25, -0.2) is 9.37 Å². The fraction of sp³-hybridized carbons (Fsp3) is 0.357. The molecule has 1 N–H and O–H groups in total. The minimum atomic E-state index is -0.175. The van der Waals surface area contributed by atoms with Crippen LogP contribution >= 0.6 is 23.1 Å². The maximum absolute atomic E-state index is 13.6. The van der Waals surface area contributed by atoms with Crippen molar-refractivity contribution < 1.29 is 4.39 Å². The van der Waals surface area contributed by atoms with E-state index in [-0.39, 0.29) is 5.82 Å². The molecule has 1 aliphatic carbocycles. The van der Waals surface area contributed by atoms with Crippen molar-refractivity contribution in [2.24, 2.45) is 0 Å². The molecule has 2 nitrogen and oxygen atoms in total. The van der Waals surface area contributed by atoms with Crippen LogP contribution in [0.15, 0.2) is 32.8 Å². The molecule has 0 aliphatic heterocycles. The second-order valence-electron chi connectivity index (χ2n) is 4.81. The lowest BCUT2D eigenvalue weighted by atomic mass is 10.2. The third kappa shape index (κ3) is 3.78. The molecular formula is C14H15FN2S2. The van der Waals surface area contributed by atoms with Crippen molar-refractivity contribution in [3.63, 3.8) is 0 Å². The van der Waals surface area contributed by atoms with Gasteiger partial charge in [0.15, 0.2) is 4.34 Å². The van der Waals surface area contributed by atoms with E-state index in [4.69, 9.17) is 0 Å². The molecule has 0 atom stereocenters. The van der Waals surface area contributed by atoms with Crippen LogP contribution < -0.4 is 5.32 Å². The van der Waals surface area contributed by atoms with E-state index in [2.05, 4.69) is 10.3 Å². The van der Waals surface area contributed by atoms with Gasteiger partial charge in [0, 0.05) is 28.6 Å². The number of aromatic nitrogens is 1. The Morgan fingerprint density at radius 3 is 2.95 bits per heavy atom. The van der Waals surface area contributed by atoms with Crippen molar-refractivity contribution in [1.29, 1.82) is 0 Å². The molecule has 3 rings (SSSR count). The Hall–Kier alpha value is -0.910. The minimum Gasteiger partial charge on any atom is -0.310 e. The van der Waals surface area contributed by atoms with Gasteiger partial charge in [-0.3, -0.25) is 0 Å². The van der Waals surface area contributed by atoms with Crippen LogP contribution in [0.4, 0.5) is 4.39 Å². The number of thiazole rings is 1. The molecule has 1 heterocycles. The Kier molecular flexibility index (Phi) is 3.86. The lowest BCUT2D eigenvalue weighted by molar-refractivity contribution is 0.615. The number of benzene rings is 1. The van der Waals surface area contributed by atoms with Crippen LogP contribution in [-0.4, -0.2) is 11.0 Å². The van der Waals surface area contributed by atoms with Gasteiger partial charge in [-0.1, -0.05) is 11.8 Å². The topological polar surface area (TPSA) is 24.9 Å². The average molecular weight is 294 g/mol. The first kappa shape index (κ1) is 13.1. The second kappa shape index (κ2) is 5.61. The summed E-state index contributed by atoms with van der Waals surface area (Å²) < 4.78 is 14.6. The van der Waals surface area contributed by atoms with Gasteiger partial charge in [0.1, 0.15) is 5.82 Å². The molecule has 2 aromatic rings. The molecule has 1 aromatic carbocycles. The van der Waals surface area contributed by atoms with Crippen molar-refractivity contribution >= 4 is 23.1 Å². The first-order valence-corrected chi connectivity index (χ1v) is 8.01. The Morgan fingerprint density at radius 2 is 2.26 bits per heavy atom. The summed E-state index contributed by atoms with van der Waals surface area (Å²) in [4.78, 5) is 5.31. The number of hydrogen-bond acceptors (Lipinski definition) is 4. The van der Waals surface area contributed by atoms with Gasteiger partial charge < -0.3 is 5.32 Å². The SMILES string of the molecule is Cc1csc(Sc2cc(F)cc(CNC3CC3)c2)n1. The predicted octanol–water partition coefficient (Wildman–Crippen LogP) is 3.99. The van der Waals surface area contributed by atoms with Crippen molar-refractivity contribution in [2.45, 2.75) is 41.6 Å². The van der Waals surface area contributed by atoms with Crippen molar-refractivity contribution in [2.75, 3.05) is 0 Å². The molecule has 0 radical (unpaired) electrons. The number of aryl methyl sites for hydroxylation is 1. The van der Waals surface area contributed by atoms with Crippen LogP contribution in [0.1, 0.15) is 24.1 Å². The first-order chi connectivity index (χ1) is 9.19. The number of nitrogens with one attached hydrogen (secondary N) is 1. The van der Waals surface area contributed by atoms with E-state index in [1.807, 2.05) is 18.4 Å². The van der Waals surface area contributed by atoms with E-state index >= 15 is 0 Å². The summed E-state index contributed by atoms with van der Waals surface area (Å²) in [5.74, 6) is -0.175. The molecular weight excluding hydrogens is 279 g/mol. The standard InChI is InChI=1S/C14H15FN2S2/c1-9-8-18-14(17-9)19-13-5-10(4-11(15)6-13)7-16-12-2-3-12/h4-6,8,12,16H,2-3,7H2,1H3. The van der Waals surface area contributed by atoms with Crippen LogP contribution in [0.5, 0.6) is 0 Å². The maximum Gasteiger partial charge on any atom is 0.154 e. The summed E-state index contributed by atoms with van der Waals surface area (Å²) in [6.07, 6.45) is 2.49. The summed E-state index contributed by atoms with van der Waals surface area (Å²) in [5, 5.41) is 5.42. The number of hydrogen-bond donors (Lipinski definition) is 1. The van der Waals surface area contributed by atoms with Gasteiger partial charge in [-0.2, -0.15) is 0 Å². The van der Waals surface area contributed by atoms with Crippen LogP contribution in [0, 0.1) is 12.7 Å². The summed E-state index contributed by atoms with van der Waals surface area (Å²) in [5.41, 5.74) is 2.02. The lowest BCUT2D eigenvalue weighted by Gasteiger charge is -2.06. The Morgan fingerprint density at radius 1 is 1.42 bits per heavy atom. The zero-order chi connectivity index (χ0) is 13.2. The summed E-state index contributed by atoms with van der Waals surface area (Å²) in [6, 6.07) is 5.86. The quantitative estimate of drug-likeness (QED) is 0.902. The van der Waals surface area contributed by atoms with Gasteiger partial charge in [0.25, 0.3) is 0 Å². The predicted molar refractivity (Wildman–Crippen MR) is 77.2 cm³/mol. The zero-order valence-corrected chi connectivity index (χ0v) is 12.3. The molecule has 5 heteroatoms. The van der Waals surface area contributed by atoms with Gasteiger partial charge >= 0.3 is 0 Å². The molecule has 0 saturated heterocycles. The molecule has 1 aromatic heterocycles. The third-order valence-electron chi connectivity index (χ3n) is 2.91. The normalized spacial score (nSPS) is 14.8. The van der Waals surface area contributed by atoms with E-state index in [9.17, 15) is 4.39 Å². The number of halogens is 1. The Balaban J connectivity index is 1.72. The monoisotopic (exact) mass is 294 g/mol. The Labute approximate surface area is 120 Å². The fourth-order valence-electron chi connectivity index (χ4n) is 1.81. The van der Waals surface area contributed by atoms with Crippen molar-refractivity contribution in [3.05, 3.63) is 40.7 Å². The molecule has 0 unspecified atom stereocenters. The Bertz CT molecular complexity index is 579. The molecule has 0 spiro atoms. The van der Waals surface area contributed by atoms with Crippen molar-refractivity contribution in [1.82, 2.24) is 10.3 Å². The molecule has 100 valence electrons.